The Morgan fingerprint density at radius 2 is 2.00 bits per heavy atom. The van der Waals surface area contributed by atoms with Crippen LogP contribution in [0.15, 0.2) is 0 Å². The van der Waals surface area contributed by atoms with Crippen LogP contribution in [-0.4, -0.2) is 29.6 Å². The monoisotopic (exact) mass is 270 g/mol. The normalized spacial score (nSPS) is 17.0. The topological polar surface area (TPSA) is 92.4 Å². The first-order chi connectivity index (χ1) is 8.80. The van der Waals surface area contributed by atoms with Gasteiger partial charge in [0.1, 0.15) is 0 Å². The molecule has 0 saturated heterocycles. The van der Waals surface area contributed by atoms with Gasteiger partial charge in [-0.3, -0.25) is 9.59 Å². The third-order valence-corrected chi connectivity index (χ3v) is 3.79. The Kier molecular flexibility index (Phi) is 5.79. The molecule has 5 nitrogen and oxygen atoms in total. The molecule has 4 N–H and O–H groups in total. The second-order valence-electron chi connectivity index (χ2n) is 6.36. The Hall–Kier alpha value is -1.10. The fraction of sp³-hybridized carbons (Fsp3) is 0.857. The van der Waals surface area contributed by atoms with Gasteiger partial charge < -0.3 is 16.2 Å². The number of rotatable bonds is 9. The van der Waals surface area contributed by atoms with Crippen LogP contribution in [0.5, 0.6) is 0 Å². The number of hydrogen-bond acceptors (Lipinski definition) is 3. The van der Waals surface area contributed by atoms with Crippen molar-refractivity contribution in [1.29, 1.82) is 0 Å². The molecule has 19 heavy (non-hydrogen) atoms. The summed E-state index contributed by atoms with van der Waals surface area (Å²) in [6.07, 6.45) is 4.28. The van der Waals surface area contributed by atoms with Crippen LogP contribution in [0.3, 0.4) is 0 Å². The van der Waals surface area contributed by atoms with E-state index < -0.39 is 5.97 Å². The van der Waals surface area contributed by atoms with E-state index in [1.165, 1.54) is 0 Å². The van der Waals surface area contributed by atoms with Crippen molar-refractivity contribution in [3.05, 3.63) is 0 Å². The van der Waals surface area contributed by atoms with Crippen LogP contribution in [0, 0.1) is 11.3 Å². The quantitative estimate of drug-likeness (QED) is 0.592. The van der Waals surface area contributed by atoms with Gasteiger partial charge >= 0.3 is 5.97 Å². The smallest absolute Gasteiger partial charge is 0.303 e. The number of amides is 1. The summed E-state index contributed by atoms with van der Waals surface area (Å²) in [7, 11) is 0. The number of carboxylic acids is 1. The minimum absolute atomic E-state index is 0.0000191. The van der Waals surface area contributed by atoms with Gasteiger partial charge in [-0.2, -0.15) is 0 Å². The van der Waals surface area contributed by atoms with E-state index in [9.17, 15) is 9.59 Å². The van der Waals surface area contributed by atoms with E-state index in [0.29, 0.717) is 25.3 Å². The Balaban J connectivity index is 2.13. The third kappa shape index (κ3) is 7.15. The molecule has 1 rings (SSSR count). The van der Waals surface area contributed by atoms with Gasteiger partial charge in [0.2, 0.25) is 5.91 Å². The van der Waals surface area contributed by atoms with E-state index in [0.717, 1.165) is 19.3 Å². The van der Waals surface area contributed by atoms with Crippen molar-refractivity contribution in [2.75, 3.05) is 6.54 Å². The van der Waals surface area contributed by atoms with Gasteiger partial charge in [-0.15, -0.1) is 0 Å². The zero-order valence-corrected chi connectivity index (χ0v) is 11.9. The molecule has 1 amide bonds. The lowest BCUT2D eigenvalue weighted by atomic mass is 9.84. The van der Waals surface area contributed by atoms with E-state index in [4.69, 9.17) is 10.8 Å². The number of nitrogens with two attached hydrogens (primary N) is 1. The van der Waals surface area contributed by atoms with Crippen LogP contribution in [0.1, 0.15) is 52.4 Å². The summed E-state index contributed by atoms with van der Waals surface area (Å²) in [5.41, 5.74) is 5.83. The fourth-order valence-corrected chi connectivity index (χ4v) is 2.09. The van der Waals surface area contributed by atoms with Gasteiger partial charge in [0.15, 0.2) is 0 Å². The number of carbonyl (C=O) groups excluding carboxylic acids is 1. The first-order valence-corrected chi connectivity index (χ1v) is 7.04. The molecule has 1 aliphatic rings. The number of nitrogens with one attached hydrogen (secondary N) is 1. The first kappa shape index (κ1) is 16.0. The van der Waals surface area contributed by atoms with E-state index in [-0.39, 0.29) is 23.8 Å². The van der Waals surface area contributed by atoms with Gasteiger partial charge in [-0.05, 0) is 37.0 Å². The molecule has 110 valence electrons. The lowest BCUT2D eigenvalue weighted by Gasteiger charge is -2.24. The molecule has 0 aromatic carbocycles. The maximum Gasteiger partial charge on any atom is 0.303 e. The van der Waals surface area contributed by atoms with Crippen molar-refractivity contribution in [3.8, 4) is 0 Å². The second-order valence-corrected chi connectivity index (χ2v) is 6.36. The molecule has 0 aromatic rings. The molecular formula is C14H26N2O3. The zero-order chi connectivity index (χ0) is 14.5. The Morgan fingerprint density at radius 1 is 1.37 bits per heavy atom. The summed E-state index contributed by atoms with van der Waals surface area (Å²) in [6, 6.07) is 0.0000191. The van der Waals surface area contributed by atoms with Crippen molar-refractivity contribution < 1.29 is 14.7 Å². The lowest BCUT2D eigenvalue weighted by Crippen LogP contribution is -2.34. The molecule has 0 aliphatic heterocycles. The van der Waals surface area contributed by atoms with Crippen molar-refractivity contribution >= 4 is 11.9 Å². The first-order valence-electron chi connectivity index (χ1n) is 7.04. The largest absolute Gasteiger partial charge is 0.481 e. The fourth-order valence-electron chi connectivity index (χ4n) is 2.09. The average molecular weight is 270 g/mol. The van der Waals surface area contributed by atoms with Gasteiger partial charge in [0.05, 0.1) is 0 Å². The molecular weight excluding hydrogens is 244 g/mol. The van der Waals surface area contributed by atoms with Crippen LogP contribution in [0.2, 0.25) is 0 Å². The zero-order valence-electron chi connectivity index (χ0n) is 11.9. The van der Waals surface area contributed by atoms with Crippen molar-refractivity contribution in [2.45, 2.75) is 58.4 Å². The summed E-state index contributed by atoms with van der Waals surface area (Å²) < 4.78 is 0. The third-order valence-electron chi connectivity index (χ3n) is 3.79. The second kappa shape index (κ2) is 6.89. The molecule has 5 heteroatoms. The summed E-state index contributed by atoms with van der Waals surface area (Å²) >= 11 is 0. The van der Waals surface area contributed by atoms with Gasteiger partial charge in [-0.25, -0.2) is 0 Å². The number of aliphatic carboxylic acids is 1. The molecule has 0 heterocycles. The molecule has 0 aromatic heterocycles. The molecule has 1 atom stereocenters. The lowest BCUT2D eigenvalue weighted by molar-refractivity contribution is -0.137. The maximum absolute atomic E-state index is 11.7. The average Bonchev–Trinajstić information content (AvgIpc) is 3.09. The maximum atomic E-state index is 11.7. The van der Waals surface area contributed by atoms with E-state index >= 15 is 0 Å². The van der Waals surface area contributed by atoms with Crippen LogP contribution < -0.4 is 11.1 Å². The SMILES string of the molecule is CC(C)(CCNC(=O)CC(N)C1CC1)CCC(=O)O. The Bertz CT molecular complexity index is 325. The van der Waals surface area contributed by atoms with Crippen LogP contribution in [0.25, 0.3) is 0 Å². The minimum atomic E-state index is -0.771. The van der Waals surface area contributed by atoms with Crippen LogP contribution in [-0.2, 0) is 9.59 Å². The highest BCUT2D eigenvalue weighted by atomic mass is 16.4. The van der Waals surface area contributed by atoms with Gasteiger partial charge in [0.25, 0.3) is 0 Å². The number of hydrogen-bond donors (Lipinski definition) is 3. The Morgan fingerprint density at radius 3 is 2.53 bits per heavy atom. The number of carbonyl (C=O) groups is 2. The minimum Gasteiger partial charge on any atom is -0.481 e. The molecule has 1 saturated carbocycles. The predicted molar refractivity (Wildman–Crippen MR) is 73.6 cm³/mol. The van der Waals surface area contributed by atoms with Crippen molar-refractivity contribution in [2.24, 2.45) is 17.1 Å². The van der Waals surface area contributed by atoms with Gasteiger partial charge in [0, 0.05) is 25.4 Å². The van der Waals surface area contributed by atoms with Crippen molar-refractivity contribution in [1.82, 2.24) is 5.32 Å². The highest BCUT2D eigenvalue weighted by molar-refractivity contribution is 5.76. The molecule has 0 bridgehead atoms. The van der Waals surface area contributed by atoms with E-state index in [1.54, 1.807) is 0 Å². The molecule has 1 unspecified atom stereocenters. The molecule has 1 fully saturated rings. The molecule has 0 spiro atoms. The highest BCUT2D eigenvalue weighted by Gasteiger charge is 2.29. The Labute approximate surface area is 114 Å². The summed E-state index contributed by atoms with van der Waals surface area (Å²) in [6.45, 7) is 4.64. The van der Waals surface area contributed by atoms with E-state index in [1.807, 2.05) is 13.8 Å². The van der Waals surface area contributed by atoms with Crippen LogP contribution >= 0.6 is 0 Å². The standard InChI is InChI=1S/C14H26N2O3/c1-14(2,6-5-13(18)19)7-8-16-12(17)9-11(15)10-3-4-10/h10-11H,3-9,15H2,1-2H3,(H,16,17)(H,18,19). The van der Waals surface area contributed by atoms with E-state index in [2.05, 4.69) is 5.32 Å². The number of carboxylic acid groups (broad SMARTS) is 1. The highest BCUT2D eigenvalue weighted by Crippen LogP contribution is 2.32. The summed E-state index contributed by atoms with van der Waals surface area (Å²) in [4.78, 5) is 22.2. The van der Waals surface area contributed by atoms with Crippen molar-refractivity contribution in [3.63, 3.8) is 0 Å². The predicted octanol–water partition coefficient (Wildman–Crippen LogP) is 1.51. The van der Waals surface area contributed by atoms with Gasteiger partial charge in [-0.1, -0.05) is 13.8 Å². The summed E-state index contributed by atoms with van der Waals surface area (Å²) in [5, 5.41) is 11.5. The molecule has 0 radical (unpaired) electrons. The van der Waals surface area contributed by atoms with Crippen LogP contribution in [0.4, 0.5) is 0 Å². The molecule has 1 aliphatic carbocycles. The summed E-state index contributed by atoms with van der Waals surface area (Å²) in [5.74, 6) is -0.223.